The van der Waals surface area contributed by atoms with Crippen LogP contribution in [-0.4, -0.2) is 27.2 Å². The molecule has 0 amide bonds. The number of rotatable bonds is 0. The van der Waals surface area contributed by atoms with E-state index in [1.807, 2.05) is 0 Å². The maximum Gasteiger partial charge on any atom is 0.168 e. The summed E-state index contributed by atoms with van der Waals surface area (Å²) in [7, 11) is 0. The maximum absolute atomic E-state index is 10.5. The number of hydrogen-bond acceptors (Lipinski definition) is 3. The molecule has 0 aromatic carbocycles. The van der Waals surface area contributed by atoms with Gasteiger partial charge in [-0.3, -0.25) is 0 Å². The molecule has 1 unspecified atom stereocenters. The Morgan fingerprint density at radius 2 is 1.71 bits per heavy atom. The van der Waals surface area contributed by atoms with Gasteiger partial charge >= 0.3 is 0 Å². The highest BCUT2D eigenvalue weighted by Gasteiger charge is 2.64. The van der Waals surface area contributed by atoms with Crippen LogP contribution in [0.15, 0.2) is 0 Å². The summed E-state index contributed by atoms with van der Waals surface area (Å²) in [6, 6.07) is 0. The van der Waals surface area contributed by atoms with E-state index in [0.717, 1.165) is 38.5 Å². The highest BCUT2D eigenvalue weighted by molar-refractivity contribution is 5.14. The van der Waals surface area contributed by atoms with E-state index in [4.69, 9.17) is 6.42 Å². The van der Waals surface area contributed by atoms with E-state index >= 15 is 0 Å². The molecule has 8 atom stereocenters. The predicted molar refractivity (Wildman–Crippen MR) is 92.6 cm³/mol. The van der Waals surface area contributed by atoms with Crippen LogP contribution >= 0.6 is 0 Å². The molecule has 134 valence electrons. The van der Waals surface area contributed by atoms with Gasteiger partial charge in [-0.2, -0.15) is 0 Å². The fraction of sp³-hybridized carbons (Fsp3) is 0.905. The smallest absolute Gasteiger partial charge is 0.168 e. The predicted octanol–water partition coefficient (Wildman–Crippen LogP) is 2.93. The zero-order valence-corrected chi connectivity index (χ0v) is 15.0. The van der Waals surface area contributed by atoms with E-state index in [0.29, 0.717) is 30.1 Å². The molecule has 4 saturated carbocycles. The van der Waals surface area contributed by atoms with Gasteiger partial charge < -0.3 is 15.3 Å². The van der Waals surface area contributed by atoms with Crippen molar-refractivity contribution in [3.63, 3.8) is 0 Å². The fourth-order valence-corrected chi connectivity index (χ4v) is 7.47. The third-order valence-electron chi connectivity index (χ3n) is 9.04. The molecule has 4 aliphatic rings. The largest absolute Gasteiger partial charge is 0.392 e. The van der Waals surface area contributed by atoms with Gasteiger partial charge in [0.05, 0.1) is 6.10 Å². The average Bonchev–Trinajstić information content (AvgIpc) is 2.77. The van der Waals surface area contributed by atoms with Gasteiger partial charge in [0.25, 0.3) is 0 Å². The summed E-state index contributed by atoms with van der Waals surface area (Å²) in [5.41, 5.74) is -0.145. The Morgan fingerprint density at radius 3 is 2.42 bits per heavy atom. The lowest BCUT2D eigenvalue weighted by molar-refractivity contribution is -0.252. The molecule has 3 N–H and O–H groups in total. The molecule has 0 radical (unpaired) electrons. The van der Waals surface area contributed by atoms with Crippen molar-refractivity contribution < 1.29 is 15.3 Å². The van der Waals surface area contributed by atoms with Crippen LogP contribution in [0.25, 0.3) is 0 Å². The number of hydrogen-bond donors (Lipinski definition) is 3. The van der Waals surface area contributed by atoms with Crippen LogP contribution < -0.4 is 0 Å². The summed E-state index contributed by atoms with van der Waals surface area (Å²) in [5.74, 6) is 3.52. The zero-order valence-electron chi connectivity index (χ0n) is 15.0. The van der Waals surface area contributed by atoms with Crippen molar-refractivity contribution in [2.24, 2.45) is 40.4 Å². The second kappa shape index (κ2) is 5.22. The Bertz CT molecular complexity index is 564. The minimum atomic E-state index is -1.50. The van der Waals surface area contributed by atoms with Gasteiger partial charge in [0.2, 0.25) is 0 Å². The number of aliphatic hydroxyl groups is 3. The van der Waals surface area contributed by atoms with Crippen molar-refractivity contribution >= 4 is 0 Å². The quantitative estimate of drug-likeness (QED) is 0.472. The zero-order chi connectivity index (χ0) is 17.3. The van der Waals surface area contributed by atoms with Gasteiger partial charge in [0.1, 0.15) is 0 Å². The second-order valence-electron chi connectivity index (χ2n) is 9.75. The Kier molecular flexibility index (Phi) is 3.67. The van der Waals surface area contributed by atoms with Crippen LogP contribution in [0.3, 0.4) is 0 Å². The van der Waals surface area contributed by atoms with E-state index in [9.17, 15) is 15.3 Å². The lowest BCUT2D eigenvalue weighted by Gasteiger charge is -2.61. The van der Waals surface area contributed by atoms with Gasteiger partial charge in [-0.25, -0.2) is 0 Å². The van der Waals surface area contributed by atoms with Crippen LogP contribution in [0, 0.1) is 52.8 Å². The summed E-state index contributed by atoms with van der Waals surface area (Å²) in [6.07, 6.45) is 12.9. The van der Waals surface area contributed by atoms with Crippen LogP contribution in [-0.2, 0) is 0 Å². The number of terminal acetylenes is 1. The minimum absolute atomic E-state index is 0.0170. The molecule has 0 aromatic rings. The van der Waals surface area contributed by atoms with Crippen molar-refractivity contribution in [3.05, 3.63) is 0 Å². The molecule has 4 rings (SSSR count). The molecule has 0 heterocycles. The average molecular weight is 332 g/mol. The van der Waals surface area contributed by atoms with Gasteiger partial charge in [0, 0.05) is 17.8 Å². The lowest BCUT2D eigenvalue weighted by atomic mass is 9.44. The first-order chi connectivity index (χ1) is 11.2. The van der Waals surface area contributed by atoms with Crippen molar-refractivity contribution in [1.29, 1.82) is 0 Å². The maximum atomic E-state index is 10.5. The summed E-state index contributed by atoms with van der Waals surface area (Å²) in [6.45, 7) is 4.51. The molecule has 24 heavy (non-hydrogen) atoms. The molecule has 0 aliphatic heterocycles. The van der Waals surface area contributed by atoms with E-state index in [-0.39, 0.29) is 22.9 Å². The molecular formula is C21H32O3. The summed E-state index contributed by atoms with van der Waals surface area (Å²) < 4.78 is 0. The summed E-state index contributed by atoms with van der Waals surface area (Å²) >= 11 is 0. The first-order valence-electron chi connectivity index (χ1n) is 9.82. The van der Waals surface area contributed by atoms with Crippen molar-refractivity contribution in [3.8, 4) is 12.3 Å². The van der Waals surface area contributed by atoms with Gasteiger partial charge in [-0.15, -0.1) is 12.3 Å². The second-order valence-corrected chi connectivity index (χ2v) is 9.75. The highest BCUT2D eigenvalue weighted by atomic mass is 16.5. The normalized spacial score (nSPS) is 55.8. The van der Waals surface area contributed by atoms with Crippen LogP contribution in [0.1, 0.15) is 65.2 Å². The summed E-state index contributed by atoms with van der Waals surface area (Å²) in [5, 5.41) is 31.5. The van der Waals surface area contributed by atoms with E-state index < -0.39 is 5.79 Å². The van der Waals surface area contributed by atoms with Gasteiger partial charge in [-0.05, 0) is 74.0 Å². The first kappa shape index (κ1) is 16.9. The summed E-state index contributed by atoms with van der Waals surface area (Å²) in [4.78, 5) is 0. The third-order valence-corrected chi connectivity index (χ3v) is 9.04. The number of aliphatic hydroxyl groups excluding tert-OH is 1. The van der Waals surface area contributed by atoms with Gasteiger partial charge in [0.15, 0.2) is 5.79 Å². The van der Waals surface area contributed by atoms with Crippen molar-refractivity contribution in [1.82, 2.24) is 0 Å². The highest BCUT2D eigenvalue weighted by Crippen LogP contribution is 2.68. The Hall–Kier alpha value is -0.560. The van der Waals surface area contributed by atoms with Crippen molar-refractivity contribution in [2.45, 2.75) is 77.1 Å². The first-order valence-corrected chi connectivity index (χ1v) is 9.82. The van der Waals surface area contributed by atoms with E-state index in [1.165, 1.54) is 6.42 Å². The molecule has 3 heteroatoms. The number of fused-ring (bicyclic) bond motifs is 5. The molecule has 0 saturated heterocycles. The van der Waals surface area contributed by atoms with Crippen molar-refractivity contribution in [2.75, 3.05) is 0 Å². The molecule has 4 fully saturated rings. The van der Waals surface area contributed by atoms with Crippen LogP contribution in [0.4, 0.5) is 0 Å². The fourth-order valence-electron chi connectivity index (χ4n) is 7.47. The standard InChI is InChI=1S/C21H32O3/c1-4-13-12-19(2)14(11-18(13)22)5-6-15-16(19)7-9-20(3)17(15)8-10-21(20,23)24/h1,13-18,22-24H,5-12H2,2-3H3/t13-,14?,15+,16-,17-,18+,19-,20-/m0/s1. The molecule has 3 nitrogen and oxygen atoms in total. The molecule has 0 bridgehead atoms. The van der Waals surface area contributed by atoms with E-state index in [1.54, 1.807) is 0 Å². The molecule has 4 aliphatic carbocycles. The van der Waals surface area contributed by atoms with Gasteiger partial charge in [-0.1, -0.05) is 13.8 Å². The molecule has 0 aromatic heterocycles. The Balaban J connectivity index is 1.65. The van der Waals surface area contributed by atoms with E-state index in [2.05, 4.69) is 19.8 Å². The topological polar surface area (TPSA) is 60.7 Å². The SMILES string of the molecule is C#C[C@H]1C[C@@]2(C)C(CC[C@@H]3[C@@H]2CC[C@@]2(C)[C@H]3CCC2(O)O)C[C@H]1O. The van der Waals surface area contributed by atoms with Crippen LogP contribution in [0.5, 0.6) is 0 Å². The molecule has 0 spiro atoms. The third kappa shape index (κ3) is 2.03. The van der Waals surface area contributed by atoms with Crippen LogP contribution in [0.2, 0.25) is 0 Å². The Morgan fingerprint density at radius 1 is 1.00 bits per heavy atom. The minimum Gasteiger partial charge on any atom is -0.392 e. The Labute approximate surface area is 145 Å². The lowest BCUT2D eigenvalue weighted by Crippen LogP contribution is -2.57. The monoisotopic (exact) mass is 332 g/mol. The molecular weight excluding hydrogens is 300 g/mol.